The SMILES string of the molecule is CCOc1cc(/C=N\NC(=O)CCc2cc(C(C)(C)C)c(O)c(C(C)(C)C)c2)cc(Cl)c1OS(=O)(=O)c1ccccc1. The van der Waals surface area contributed by atoms with E-state index in [1.54, 1.807) is 25.1 Å². The van der Waals surface area contributed by atoms with Crippen molar-refractivity contribution < 1.29 is 27.2 Å². The van der Waals surface area contributed by atoms with Gasteiger partial charge in [0, 0.05) is 6.42 Å². The highest BCUT2D eigenvalue weighted by molar-refractivity contribution is 7.87. The normalized spacial score (nSPS) is 12.4. The number of aromatic hydroxyl groups is 1. The molecule has 3 rings (SSSR count). The highest BCUT2D eigenvalue weighted by Crippen LogP contribution is 2.40. The second-order valence-electron chi connectivity index (χ2n) is 11.9. The molecule has 2 N–H and O–H groups in total. The van der Waals surface area contributed by atoms with E-state index >= 15 is 0 Å². The van der Waals surface area contributed by atoms with Crippen molar-refractivity contribution in [3.63, 3.8) is 0 Å². The van der Waals surface area contributed by atoms with E-state index in [9.17, 15) is 18.3 Å². The predicted molar refractivity (Wildman–Crippen MR) is 166 cm³/mol. The standard InChI is InChI=1S/C32H39ClN2O6S/c1-8-40-27-19-22(18-26(33)30(27)41-42(38,39)23-12-10-9-11-13-23)20-34-35-28(36)15-14-21-16-24(31(2,3)4)29(37)25(17-21)32(5,6)7/h9-13,16-20,37H,8,14-15H2,1-7H3,(H,35,36)/b34-20-. The number of nitrogens with zero attached hydrogens (tertiary/aromatic N) is 1. The molecule has 3 aromatic rings. The molecule has 42 heavy (non-hydrogen) atoms. The maximum absolute atomic E-state index is 12.7. The van der Waals surface area contributed by atoms with Crippen LogP contribution in [0.5, 0.6) is 17.2 Å². The highest BCUT2D eigenvalue weighted by Gasteiger charge is 2.27. The Bertz CT molecular complexity index is 1520. The lowest BCUT2D eigenvalue weighted by atomic mass is 9.78. The summed E-state index contributed by atoms with van der Waals surface area (Å²) in [4.78, 5) is 12.6. The third kappa shape index (κ3) is 8.49. The summed E-state index contributed by atoms with van der Waals surface area (Å²) >= 11 is 6.39. The molecular weight excluding hydrogens is 576 g/mol. The summed E-state index contributed by atoms with van der Waals surface area (Å²) in [5.41, 5.74) is 5.10. The molecule has 0 saturated heterocycles. The number of amides is 1. The summed E-state index contributed by atoms with van der Waals surface area (Å²) in [6.07, 6.45) is 2.04. The Hall–Kier alpha value is -3.56. The number of rotatable bonds is 10. The first kappa shape index (κ1) is 32.9. The topological polar surface area (TPSA) is 114 Å². The van der Waals surface area contributed by atoms with Gasteiger partial charge in [-0.1, -0.05) is 83.5 Å². The molecule has 0 fully saturated rings. The van der Waals surface area contributed by atoms with Crippen molar-refractivity contribution in [2.45, 2.75) is 77.0 Å². The van der Waals surface area contributed by atoms with Crippen LogP contribution in [0.4, 0.5) is 0 Å². The van der Waals surface area contributed by atoms with Gasteiger partial charge in [-0.25, -0.2) is 5.43 Å². The van der Waals surface area contributed by atoms with Crippen molar-refractivity contribution in [2.75, 3.05) is 6.61 Å². The van der Waals surface area contributed by atoms with Gasteiger partial charge in [-0.2, -0.15) is 13.5 Å². The van der Waals surface area contributed by atoms with Crippen LogP contribution in [0.2, 0.25) is 5.02 Å². The molecule has 0 aromatic heterocycles. The Labute approximate surface area is 253 Å². The molecule has 0 unspecified atom stereocenters. The molecule has 8 nitrogen and oxygen atoms in total. The van der Waals surface area contributed by atoms with E-state index in [-0.39, 0.29) is 51.2 Å². The van der Waals surface area contributed by atoms with E-state index in [0.29, 0.717) is 17.7 Å². The molecule has 0 aliphatic carbocycles. The van der Waals surface area contributed by atoms with Crippen molar-refractivity contribution >= 4 is 33.8 Å². The lowest BCUT2D eigenvalue weighted by Crippen LogP contribution is -2.20. The second-order valence-corrected chi connectivity index (χ2v) is 13.9. The molecule has 0 aliphatic rings. The van der Waals surface area contributed by atoms with Crippen molar-refractivity contribution in [3.05, 3.63) is 81.9 Å². The number of aryl methyl sites for hydroxylation is 1. The van der Waals surface area contributed by atoms with Gasteiger partial charge in [-0.05, 0) is 70.7 Å². The first-order valence-corrected chi connectivity index (χ1v) is 15.5. The molecular formula is C32H39ClN2O6S. The smallest absolute Gasteiger partial charge is 0.339 e. The number of ether oxygens (including phenoxy) is 1. The van der Waals surface area contributed by atoms with E-state index in [2.05, 4.69) is 10.5 Å². The van der Waals surface area contributed by atoms with Gasteiger partial charge < -0.3 is 14.0 Å². The lowest BCUT2D eigenvalue weighted by Gasteiger charge is -2.28. The maximum Gasteiger partial charge on any atom is 0.339 e. The minimum atomic E-state index is -4.14. The largest absolute Gasteiger partial charge is 0.507 e. The predicted octanol–water partition coefficient (Wildman–Crippen LogP) is 6.89. The Balaban J connectivity index is 1.73. The van der Waals surface area contributed by atoms with Crippen LogP contribution in [-0.4, -0.2) is 32.3 Å². The highest BCUT2D eigenvalue weighted by atomic mass is 35.5. The molecule has 3 aromatic carbocycles. The first-order valence-electron chi connectivity index (χ1n) is 13.7. The number of nitrogens with one attached hydrogen (secondary N) is 1. The molecule has 0 bridgehead atoms. The lowest BCUT2D eigenvalue weighted by molar-refractivity contribution is -0.121. The van der Waals surface area contributed by atoms with Gasteiger partial charge in [0.25, 0.3) is 0 Å². The molecule has 10 heteroatoms. The van der Waals surface area contributed by atoms with E-state index in [0.717, 1.165) is 16.7 Å². The Morgan fingerprint density at radius 2 is 1.60 bits per heavy atom. The van der Waals surface area contributed by atoms with Gasteiger partial charge in [0.05, 0.1) is 17.8 Å². The number of phenols is 1. The number of hydrazone groups is 1. The van der Waals surface area contributed by atoms with Gasteiger partial charge in [0.15, 0.2) is 5.75 Å². The Kier molecular flexibility index (Phi) is 10.3. The van der Waals surface area contributed by atoms with E-state index in [1.165, 1.54) is 30.5 Å². The molecule has 0 radical (unpaired) electrons. The summed E-state index contributed by atoms with van der Waals surface area (Å²) in [5, 5.41) is 15.0. The summed E-state index contributed by atoms with van der Waals surface area (Å²) in [5.74, 6) is -0.0124. The molecule has 0 saturated carbocycles. The molecule has 0 atom stereocenters. The van der Waals surface area contributed by atoms with Gasteiger partial charge in [0.1, 0.15) is 10.6 Å². The third-order valence-electron chi connectivity index (χ3n) is 6.39. The van der Waals surface area contributed by atoms with Crippen LogP contribution < -0.4 is 14.3 Å². The van der Waals surface area contributed by atoms with Crippen LogP contribution >= 0.6 is 11.6 Å². The fourth-order valence-corrected chi connectivity index (χ4v) is 5.51. The molecule has 1 amide bonds. The van der Waals surface area contributed by atoms with Crippen LogP contribution in [0.1, 0.15) is 77.1 Å². The fourth-order valence-electron chi connectivity index (χ4n) is 4.23. The average molecular weight is 615 g/mol. The molecule has 226 valence electrons. The number of carbonyl (C=O) groups is 1. The number of carbonyl (C=O) groups excluding carboxylic acids is 1. The van der Waals surface area contributed by atoms with Crippen LogP contribution in [0.3, 0.4) is 0 Å². The number of halogens is 1. The van der Waals surface area contributed by atoms with Gasteiger partial charge in [-0.3, -0.25) is 4.79 Å². The maximum atomic E-state index is 12.7. The minimum Gasteiger partial charge on any atom is -0.507 e. The molecule has 0 heterocycles. The zero-order valence-corrected chi connectivity index (χ0v) is 26.7. The third-order valence-corrected chi connectivity index (χ3v) is 7.90. The zero-order valence-electron chi connectivity index (χ0n) is 25.1. The summed E-state index contributed by atoms with van der Waals surface area (Å²) < 4.78 is 36.4. The Morgan fingerprint density at radius 3 is 2.14 bits per heavy atom. The quantitative estimate of drug-likeness (QED) is 0.146. The van der Waals surface area contributed by atoms with Crippen molar-refractivity contribution in [3.8, 4) is 17.2 Å². The monoisotopic (exact) mass is 614 g/mol. The van der Waals surface area contributed by atoms with E-state index in [4.69, 9.17) is 20.5 Å². The van der Waals surface area contributed by atoms with Crippen LogP contribution in [-0.2, 0) is 32.2 Å². The Morgan fingerprint density at radius 1 is 1.00 bits per heavy atom. The fraction of sp³-hybridized carbons (Fsp3) is 0.375. The second kappa shape index (κ2) is 13.2. The van der Waals surface area contributed by atoms with Crippen molar-refractivity contribution in [1.29, 1.82) is 0 Å². The van der Waals surface area contributed by atoms with Crippen molar-refractivity contribution in [2.24, 2.45) is 5.10 Å². The first-order chi connectivity index (χ1) is 19.5. The van der Waals surface area contributed by atoms with Crippen LogP contribution in [0.15, 0.2) is 64.6 Å². The van der Waals surface area contributed by atoms with Gasteiger partial charge in [-0.15, -0.1) is 0 Å². The number of benzene rings is 3. The zero-order chi connectivity index (χ0) is 31.3. The van der Waals surface area contributed by atoms with Crippen LogP contribution in [0, 0.1) is 0 Å². The average Bonchev–Trinajstić information content (AvgIpc) is 2.89. The number of phenolic OH excluding ortho intramolecular Hbond substituents is 1. The summed E-state index contributed by atoms with van der Waals surface area (Å²) in [6.45, 7) is 14.3. The summed E-state index contributed by atoms with van der Waals surface area (Å²) in [6, 6.07) is 14.6. The van der Waals surface area contributed by atoms with Gasteiger partial charge in [0.2, 0.25) is 11.7 Å². The number of hydrogen-bond donors (Lipinski definition) is 2. The van der Waals surface area contributed by atoms with Crippen molar-refractivity contribution in [1.82, 2.24) is 5.43 Å². The number of hydrogen-bond acceptors (Lipinski definition) is 7. The minimum absolute atomic E-state index is 0.00451. The summed E-state index contributed by atoms with van der Waals surface area (Å²) in [7, 11) is -4.14. The molecule has 0 spiro atoms. The van der Waals surface area contributed by atoms with E-state index in [1.807, 2.05) is 53.7 Å². The van der Waals surface area contributed by atoms with E-state index < -0.39 is 10.1 Å². The van der Waals surface area contributed by atoms with Crippen LogP contribution in [0.25, 0.3) is 0 Å². The van der Waals surface area contributed by atoms with Gasteiger partial charge >= 0.3 is 10.1 Å². The molecule has 0 aliphatic heterocycles.